The van der Waals surface area contributed by atoms with Crippen LogP contribution in [0.4, 0.5) is 0 Å². The summed E-state index contributed by atoms with van der Waals surface area (Å²) in [6.07, 6.45) is 6.95. The Morgan fingerprint density at radius 1 is 1.45 bits per heavy atom. The lowest BCUT2D eigenvalue weighted by atomic mass is 9.95. The summed E-state index contributed by atoms with van der Waals surface area (Å²) in [7, 11) is 0. The first-order valence-electron chi connectivity index (χ1n) is 4.01. The molecule has 0 unspecified atom stereocenters. The second-order valence-corrected chi connectivity index (χ2v) is 3.90. The van der Waals surface area contributed by atoms with Crippen LogP contribution in [0.5, 0.6) is 0 Å². The summed E-state index contributed by atoms with van der Waals surface area (Å²) in [6, 6.07) is 0.105. The van der Waals surface area contributed by atoms with E-state index in [1.807, 2.05) is 0 Å². The van der Waals surface area contributed by atoms with Crippen LogP contribution in [0, 0.1) is 5.41 Å². The molecule has 0 bridgehead atoms. The summed E-state index contributed by atoms with van der Waals surface area (Å²) < 4.78 is 0. The van der Waals surface area contributed by atoms with Gasteiger partial charge in [0.25, 0.3) is 0 Å². The van der Waals surface area contributed by atoms with Crippen LogP contribution in [-0.4, -0.2) is 6.04 Å². The standard InChI is InChI=1S/C10H19N/c1-5-9(11)7-6-8-10(2,3)4/h5-6,8-9H,1,7,11H2,2-4H3/b8-6+/t9-/m1/s1. The van der Waals surface area contributed by atoms with Crippen molar-refractivity contribution in [3.8, 4) is 0 Å². The number of rotatable bonds is 3. The van der Waals surface area contributed by atoms with E-state index in [4.69, 9.17) is 5.73 Å². The van der Waals surface area contributed by atoms with E-state index < -0.39 is 0 Å². The van der Waals surface area contributed by atoms with E-state index in [9.17, 15) is 0 Å². The van der Waals surface area contributed by atoms with Crippen LogP contribution in [0.2, 0.25) is 0 Å². The molecule has 0 aliphatic heterocycles. The first-order valence-corrected chi connectivity index (χ1v) is 4.01. The molecule has 0 aliphatic rings. The summed E-state index contributed by atoms with van der Waals surface area (Å²) in [5, 5.41) is 0. The highest BCUT2D eigenvalue weighted by atomic mass is 14.6. The van der Waals surface area contributed by atoms with Gasteiger partial charge in [-0.05, 0) is 11.8 Å². The zero-order valence-corrected chi connectivity index (χ0v) is 7.80. The van der Waals surface area contributed by atoms with E-state index >= 15 is 0 Å². The van der Waals surface area contributed by atoms with Crippen LogP contribution in [0.1, 0.15) is 27.2 Å². The monoisotopic (exact) mass is 153 g/mol. The van der Waals surface area contributed by atoms with Gasteiger partial charge in [-0.25, -0.2) is 0 Å². The molecule has 0 fully saturated rings. The average Bonchev–Trinajstić information content (AvgIpc) is 1.85. The largest absolute Gasteiger partial charge is 0.324 e. The Labute approximate surface area is 70.0 Å². The van der Waals surface area contributed by atoms with E-state index in [0.717, 1.165) is 6.42 Å². The molecule has 11 heavy (non-hydrogen) atoms. The molecule has 0 radical (unpaired) electrons. The number of allylic oxidation sites excluding steroid dienone is 1. The van der Waals surface area contributed by atoms with Crippen LogP contribution in [-0.2, 0) is 0 Å². The van der Waals surface area contributed by atoms with E-state index in [1.165, 1.54) is 0 Å². The SMILES string of the molecule is C=C[C@@H](N)C/C=C/C(C)(C)C. The van der Waals surface area contributed by atoms with Crippen LogP contribution >= 0.6 is 0 Å². The molecule has 0 heterocycles. The third-order valence-electron chi connectivity index (χ3n) is 1.33. The van der Waals surface area contributed by atoms with Gasteiger partial charge >= 0.3 is 0 Å². The molecular formula is C10H19N. The Hall–Kier alpha value is -0.560. The van der Waals surface area contributed by atoms with Crippen LogP contribution in [0.15, 0.2) is 24.8 Å². The molecule has 64 valence electrons. The van der Waals surface area contributed by atoms with Crippen molar-refractivity contribution < 1.29 is 0 Å². The van der Waals surface area contributed by atoms with Crippen molar-refractivity contribution in [2.24, 2.45) is 11.1 Å². The molecule has 0 spiro atoms. The number of nitrogens with two attached hydrogens (primary N) is 1. The normalized spacial score (nSPS) is 15.3. The third-order valence-corrected chi connectivity index (χ3v) is 1.33. The van der Waals surface area contributed by atoms with Crippen molar-refractivity contribution in [2.45, 2.75) is 33.2 Å². The van der Waals surface area contributed by atoms with Gasteiger partial charge in [0, 0.05) is 6.04 Å². The van der Waals surface area contributed by atoms with Crippen molar-refractivity contribution in [2.75, 3.05) is 0 Å². The molecule has 1 nitrogen and oxygen atoms in total. The number of hydrogen-bond donors (Lipinski definition) is 1. The molecule has 2 N–H and O–H groups in total. The minimum Gasteiger partial charge on any atom is -0.324 e. The minimum absolute atomic E-state index is 0.105. The molecule has 0 amide bonds. The molecule has 0 rings (SSSR count). The summed E-state index contributed by atoms with van der Waals surface area (Å²) in [5.41, 5.74) is 5.90. The van der Waals surface area contributed by atoms with Crippen molar-refractivity contribution in [1.82, 2.24) is 0 Å². The molecule has 0 aliphatic carbocycles. The first kappa shape index (κ1) is 10.4. The van der Waals surface area contributed by atoms with E-state index in [2.05, 4.69) is 39.5 Å². The van der Waals surface area contributed by atoms with Crippen molar-refractivity contribution in [3.63, 3.8) is 0 Å². The van der Waals surface area contributed by atoms with E-state index in [0.29, 0.717) is 0 Å². The zero-order valence-electron chi connectivity index (χ0n) is 7.80. The smallest absolute Gasteiger partial charge is 0.0256 e. The van der Waals surface area contributed by atoms with Crippen molar-refractivity contribution in [3.05, 3.63) is 24.8 Å². The Morgan fingerprint density at radius 2 is 2.00 bits per heavy atom. The van der Waals surface area contributed by atoms with Gasteiger partial charge < -0.3 is 5.73 Å². The second-order valence-electron chi connectivity index (χ2n) is 3.90. The van der Waals surface area contributed by atoms with E-state index in [1.54, 1.807) is 6.08 Å². The van der Waals surface area contributed by atoms with Gasteiger partial charge in [0.1, 0.15) is 0 Å². The maximum Gasteiger partial charge on any atom is 0.0256 e. The van der Waals surface area contributed by atoms with Gasteiger partial charge in [-0.15, -0.1) is 6.58 Å². The summed E-state index contributed by atoms with van der Waals surface area (Å²) in [6.45, 7) is 10.1. The average molecular weight is 153 g/mol. The van der Waals surface area contributed by atoms with Gasteiger partial charge in [0.15, 0.2) is 0 Å². The predicted octanol–water partition coefficient (Wildman–Crippen LogP) is 2.49. The Balaban J connectivity index is 3.69. The molecular weight excluding hydrogens is 134 g/mol. The quantitative estimate of drug-likeness (QED) is 0.619. The van der Waals surface area contributed by atoms with Crippen molar-refractivity contribution >= 4 is 0 Å². The lowest BCUT2D eigenvalue weighted by molar-refractivity contribution is 0.541. The second kappa shape index (κ2) is 4.35. The maximum absolute atomic E-state index is 5.63. The summed E-state index contributed by atoms with van der Waals surface area (Å²) >= 11 is 0. The van der Waals surface area contributed by atoms with Gasteiger partial charge in [0.05, 0.1) is 0 Å². The van der Waals surface area contributed by atoms with Gasteiger partial charge in [0.2, 0.25) is 0 Å². The van der Waals surface area contributed by atoms with Gasteiger partial charge in [-0.3, -0.25) is 0 Å². The van der Waals surface area contributed by atoms with Gasteiger partial charge in [-0.1, -0.05) is 39.0 Å². The molecule has 1 heteroatoms. The molecule has 1 atom stereocenters. The fourth-order valence-electron chi connectivity index (χ4n) is 0.675. The lowest BCUT2D eigenvalue weighted by Gasteiger charge is -2.11. The topological polar surface area (TPSA) is 26.0 Å². The molecule has 0 saturated heterocycles. The minimum atomic E-state index is 0.105. The Kier molecular flexibility index (Phi) is 4.12. The zero-order chi connectivity index (χ0) is 8.91. The predicted molar refractivity (Wildman–Crippen MR) is 51.4 cm³/mol. The number of hydrogen-bond acceptors (Lipinski definition) is 1. The molecule has 0 aromatic rings. The van der Waals surface area contributed by atoms with Gasteiger partial charge in [-0.2, -0.15) is 0 Å². The maximum atomic E-state index is 5.63. The Bertz CT molecular complexity index is 139. The molecule has 0 aromatic carbocycles. The highest BCUT2D eigenvalue weighted by Crippen LogP contribution is 2.14. The molecule has 0 aromatic heterocycles. The lowest BCUT2D eigenvalue weighted by Crippen LogP contribution is -2.14. The van der Waals surface area contributed by atoms with E-state index in [-0.39, 0.29) is 11.5 Å². The fraction of sp³-hybridized carbons (Fsp3) is 0.600. The highest BCUT2D eigenvalue weighted by molar-refractivity contribution is 4.97. The van der Waals surface area contributed by atoms with Crippen LogP contribution in [0.3, 0.4) is 0 Å². The summed E-state index contributed by atoms with van der Waals surface area (Å²) in [4.78, 5) is 0. The molecule has 0 saturated carbocycles. The Morgan fingerprint density at radius 3 is 2.36 bits per heavy atom. The summed E-state index contributed by atoms with van der Waals surface area (Å²) in [5.74, 6) is 0. The van der Waals surface area contributed by atoms with Crippen LogP contribution in [0.25, 0.3) is 0 Å². The first-order chi connectivity index (χ1) is 4.95. The van der Waals surface area contributed by atoms with Crippen LogP contribution < -0.4 is 5.73 Å². The van der Waals surface area contributed by atoms with Crippen molar-refractivity contribution in [1.29, 1.82) is 0 Å². The fourth-order valence-corrected chi connectivity index (χ4v) is 0.675. The third kappa shape index (κ3) is 7.34. The highest BCUT2D eigenvalue weighted by Gasteiger charge is 2.03.